The van der Waals surface area contributed by atoms with E-state index < -0.39 is 0 Å². The van der Waals surface area contributed by atoms with Crippen molar-refractivity contribution in [1.82, 2.24) is 9.80 Å². The minimum Gasteiger partial charge on any atom is -0.370 e. The fourth-order valence-electron chi connectivity index (χ4n) is 2.25. The van der Waals surface area contributed by atoms with Gasteiger partial charge in [0.15, 0.2) is 5.96 Å². The highest BCUT2D eigenvalue weighted by Crippen LogP contribution is 2.08. The fraction of sp³-hybridized carbons (Fsp3) is 0.923. The second-order valence-electron chi connectivity index (χ2n) is 4.67. The van der Waals surface area contributed by atoms with Crippen LogP contribution in [0.3, 0.4) is 0 Å². The Balaban J connectivity index is 2.31. The van der Waals surface area contributed by atoms with Gasteiger partial charge < -0.3 is 15.5 Å². The van der Waals surface area contributed by atoms with Gasteiger partial charge in [0.2, 0.25) is 0 Å². The largest absolute Gasteiger partial charge is 0.370 e. The van der Waals surface area contributed by atoms with E-state index in [1.54, 1.807) is 0 Å². The average molecular weight is 240 g/mol. The third-order valence-electron chi connectivity index (χ3n) is 3.51. The van der Waals surface area contributed by atoms with Crippen LogP contribution in [-0.2, 0) is 0 Å². The third-order valence-corrected chi connectivity index (χ3v) is 3.51. The molecule has 0 aromatic heterocycles. The van der Waals surface area contributed by atoms with Crippen molar-refractivity contribution < 1.29 is 0 Å². The van der Waals surface area contributed by atoms with Crippen LogP contribution in [0.25, 0.3) is 0 Å². The summed E-state index contributed by atoms with van der Waals surface area (Å²) >= 11 is 0. The third kappa shape index (κ3) is 5.39. The quantitative estimate of drug-likeness (QED) is 0.585. The molecular weight excluding hydrogens is 212 g/mol. The Labute approximate surface area is 106 Å². The minimum absolute atomic E-state index is 0.749. The number of nitrogens with zero attached hydrogens (tertiary/aromatic N) is 3. The standard InChI is InChI=1S/C13H28N4/c1-3-16(4-2)12-9-15-13(14)17-10-7-5-6-8-11-17/h3-12H2,1-2H3,(H2,14,15). The number of likely N-dealkylation sites (tertiary alicyclic amines) is 1. The highest BCUT2D eigenvalue weighted by molar-refractivity contribution is 5.78. The maximum Gasteiger partial charge on any atom is 0.191 e. The zero-order valence-electron chi connectivity index (χ0n) is 11.5. The number of rotatable bonds is 5. The summed E-state index contributed by atoms with van der Waals surface area (Å²) in [5.41, 5.74) is 6.04. The monoisotopic (exact) mass is 240 g/mol. The summed E-state index contributed by atoms with van der Waals surface area (Å²) in [6, 6.07) is 0. The van der Waals surface area contributed by atoms with Gasteiger partial charge in [-0.3, -0.25) is 4.99 Å². The highest BCUT2D eigenvalue weighted by atomic mass is 15.3. The van der Waals surface area contributed by atoms with Crippen LogP contribution in [0, 0.1) is 0 Å². The average Bonchev–Trinajstić information content (AvgIpc) is 2.63. The van der Waals surface area contributed by atoms with Crippen LogP contribution >= 0.6 is 0 Å². The summed E-state index contributed by atoms with van der Waals surface area (Å²) < 4.78 is 0. The highest BCUT2D eigenvalue weighted by Gasteiger charge is 2.10. The molecule has 0 bridgehead atoms. The summed E-state index contributed by atoms with van der Waals surface area (Å²) in [4.78, 5) is 9.12. The van der Waals surface area contributed by atoms with E-state index in [0.717, 1.165) is 45.2 Å². The maximum absolute atomic E-state index is 6.04. The molecule has 1 heterocycles. The van der Waals surface area contributed by atoms with Crippen LogP contribution in [0.4, 0.5) is 0 Å². The van der Waals surface area contributed by atoms with Gasteiger partial charge in [-0.25, -0.2) is 0 Å². The fourth-order valence-corrected chi connectivity index (χ4v) is 2.25. The van der Waals surface area contributed by atoms with E-state index in [4.69, 9.17) is 5.73 Å². The van der Waals surface area contributed by atoms with Crippen molar-refractivity contribution >= 4 is 5.96 Å². The van der Waals surface area contributed by atoms with Crippen molar-refractivity contribution in [3.05, 3.63) is 0 Å². The van der Waals surface area contributed by atoms with Crippen molar-refractivity contribution in [1.29, 1.82) is 0 Å². The lowest BCUT2D eigenvalue weighted by molar-refractivity contribution is 0.312. The second-order valence-corrected chi connectivity index (χ2v) is 4.67. The van der Waals surface area contributed by atoms with E-state index >= 15 is 0 Å². The zero-order chi connectivity index (χ0) is 12.5. The first kappa shape index (κ1) is 14.3. The Morgan fingerprint density at radius 2 is 1.71 bits per heavy atom. The normalized spacial score (nSPS) is 18.5. The van der Waals surface area contributed by atoms with Crippen molar-refractivity contribution in [3.8, 4) is 0 Å². The lowest BCUT2D eigenvalue weighted by atomic mass is 10.2. The van der Waals surface area contributed by atoms with E-state index in [1.807, 2.05) is 0 Å². The van der Waals surface area contributed by atoms with Gasteiger partial charge in [-0.2, -0.15) is 0 Å². The summed E-state index contributed by atoms with van der Waals surface area (Å²) in [6.45, 7) is 10.6. The molecule has 1 rings (SSSR count). The SMILES string of the molecule is CCN(CC)CCN=C(N)N1CCCCCC1. The van der Waals surface area contributed by atoms with Crippen molar-refractivity contribution in [3.63, 3.8) is 0 Å². The van der Waals surface area contributed by atoms with Gasteiger partial charge in [0.25, 0.3) is 0 Å². The molecule has 0 aliphatic carbocycles. The summed E-state index contributed by atoms with van der Waals surface area (Å²) in [7, 11) is 0. The van der Waals surface area contributed by atoms with Crippen LogP contribution < -0.4 is 5.73 Å². The van der Waals surface area contributed by atoms with Crippen molar-refractivity contribution in [2.45, 2.75) is 39.5 Å². The van der Waals surface area contributed by atoms with Crippen LogP contribution in [0.5, 0.6) is 0 Å². The maximum atomic E-state index is 6.04. The van der Waals surface area contributed by atoms with Crippen molar-refractivity contribution in [2.75, 3.05) is 39.3 Å². The number of hydrogen-bond acceptors (Lipinski definition) is 2. The molecule has 0 aromatic carbocycles. The molecule has 2 N–H and O–H groups in total. The van der Waals surface area contributed by atoms with Gasteiger partial charge in [0.1, 0.15) is 0 Å². The molecule has 0 saturated carbocycles. The second kappa shape index (κ2) is 8.34. The number of likely N-dealkylation sites (N-methyl/N-ethyl adjacent to an activating group) is 1. The Kier molecular flexibility index (Phi) is 7.01. The summed E-state index contributed by atoms with van der Waals surface area (Å²) in [5, 5.41) is 0. The molecule has 0 amide bonds. The minimum atomic E-state index is 0.749. The number of guanidine groups is 1. The molecule has 1 aliphatic rings. The van der Waals surface area contributed by atoms with E-state index in [-0.39, 0.29) is 0 Å². The molecule has 1 saturated heterocycles. The van der Waals surface area contributed by atoms with E-state index in [0.29, 0.717) is 0 Å². The first-order valence-electron chi connectivity index (χ1n) is 7.05. The molecule has 0 aromatic rings. The van der Waals surface area contributed by atoms with Crippen LogP contribution in [0.2, 0.25) is 0 Å². The van der Waals surface area contributed by atoms with E-state index in [1.165, 1.54) is 25.7 Å². The number of nitrogens with two attached hydrogens (primary N) is 1. The van der Waals surface area contributed by atoms with Crippen molar-refractivity contribution in [2.24, 2.45) is 10.7 Å². The first-order valence-corrected chi connectivity index (χ1v) is 7.05. The number of aliphatic imine (C=N–C) groups is 1. The van der Waals surface area contributed by atoms with E-state index in [9.17, 15) is 0 Å². The predicted octanol–water partition coefficient (Wildman–Crippen LogP) is 1.52. The van der Waals surface area contributed by atoms with Gasteiger partial charge in [-0.05, 0) is 25.9 Å². The summed E-state index contributed by atoms with van der Waals surface area (Å²) in [6.07, 6.45) is 5.19. The van der Waals surface area contributed by atoms with Crippen LogP contribution in [0.15, 0.2) is 4.99 Å². The zero-order valence-corrected chi connectivity index (χ0v) is 11.5. The molecule has 0 radical (unpaired) electrons. The molecule has 4 nitrogen and oxygen atoms in total. The Morgan fingerprint density at radius 3 is 2.24 bits per heavy atom. The van der Waals surface area contributed by atoms with E-state index in [2.05, 4.69) is 28.6 Å². The topological polar surface area (TPSA) is 44.9 Å². The molecule has 1 fully saturated rings. The van der Waals surface area contributed by atoms with Crippen LogP contribution in [-0.4, -0.2) is 55.0 Å². The Morgan fingerprint density at radius 1 is 1.12 bits per heavy atom. The smallest absolute Gasteiger partial charge is 0.191 e. The van der Waals surface area contributed by atoms with Gasteiger partial charge >= 0.3 is 0 Å². The lowest BCUT2D eigenvalue weighted by Gasteiger charge is -2.22. The van der Waals surface area contributed by atoms with Gasteiger partial charge in [0, 0.05) is 19.6 Å². The molecule has 0 atom stereocenters. The number of hydrogen-bond donors (Lipinski definition) is 1. The molecular formula is C13H28N4. The molecule has 0 unspecified atom stereocenters. The Hall–Kier alpha value is -0.770. The van der Waals surface area contributed by atoms with Gasteiger partial charge in [0.05, 0.1) is 6.54 Å². The van der Waals surface area contributed by atoms with Crippen LogP contribution in [0.1, 0.15) is 39.5 Å². The molecule has 17 heavy (non-hydrogen) atoms. The summed E-state index contributed by atoms with van der Waals surface area (Å²) in [5.74, 6) is 0.749. The molecule has 100 valence electrons. The molecule has 1 aliphatic heterocycles. The first-order chi connectivity index (χ1) is 8.27. The molecule has 4 heteroatoms. The van der Waals surface area contributed by atoms with Gasteiger partial charge in [-0.15, -0.1) is 0 Å². The predicted molar refractivity (Wildman–Crippen MR) is 74.3 cm³/mol. The van der Waals surface area contributed by atoms with Gasteiger partial charge in [-0.1, -0.05) is 26.7 Å². The molecule has 0 spiro atoms. The lowest BCUT2D eigenvalue weighted by Crippen LogP contribution is -2.38. The Bertz CT molecular complexity index is 215.